The Balaban J connectivity index is 1.75. The van der Waals surface area contributed by atoms with Crippen LogP contribution < -0.4 is 5.32 Å². The lowest BCUT2D eigenvalue weighted by Gasteiger charge is -1.96. The van der Waals surface area contributed by atoms with Crippen molar-refractivity contribution in [2.75, 3.05) is 5.32 Å². The van der Waals surface area contributed by atoms with Gasteiger partial charge in [-0.1, -0.05) is 23.5 Å². The summed E-state index contributed by atoms with van der Waals surface area (Å²) in [6.07, 6.45) is 2.57. The molecule has 0 saturated heterocycles. The lowest BCUT2D eigenvalue weighted by atomic mass is 10.2. The van der Waals surface area contributed by atoms with Crippen LogP contribution in [0.1, 0.15) is 5.56 Å². The highest BCUT2D eigenvalue weighted by Crippen LogP contribution is 2.28. The molecule has 6 nitrogen and oxygen atoms in total. The van der Waals surface area contributed by atoms with Gasteiger partial charge in [-0.2, -0.15) is 0 Å². The second-order valence-electron chi connectivity index (χ2n) is 4.93. The van der Waals surface area contributed by atoms with E-state index in [9.17, 15) is 23.7 Å². The Kier molecular flexibility index (Phi) is 4.48. The summed E-state index contributed by atoms with van der Waals surface area (Å²) in [6, 6.07) is 7.61. The van der Waals surface area contributed by atoms with Crippen LogP contribution in [0, 0.1) is 21.7 Å². The monoisotopic (exact) mass is 361 g/mol. The van der Waals surface area contributed by atoms with Crippen LogP contribution in [-0.2, 0) is 4.79 Å². The van der Waals surface area contributed by atoms with Crippen LogP contribution in [0.2, 0.25) is 0 Å². The van der Waals surface area contributed by atoms with Gasteiger partial charge in [0.1, 0.15) is 11.3 Å². The molecule has 0 aliphatic carbocycles. The van der Waals surface area contributed by atoms with Gasteiger partial charge in [0, 0.05) is 24.3 Å². The van der Waals surface area contributed by atoms with Gasteiger partial charge < -0.3 is 0 Å². The molecule has 3 rings (SSSR count). The molecular formula is C16H9F2N3O3S. The number of benzene rings is 2. The number of hydrogen-bond acceptors (Lipinski definition) is 5. The molecule has 0 fully saturated rings. The van der Waals surface area contributed by atoms with E-state index < -0.39 is 22.5 Å². The maximum Gasteiger partial charge on any atom is 0.270 e. The number of nitrogens with one attached hydrogen (secondary N) is 1. The molecule has 0 aliphatic rings. The van der Waals surface area contributed by atoms with Crippen molar-refractivity contribution in [3.63, 3.8) is 0 Å². The first kappa shape index (κ1) is 16.7. The van der Waals surface area contributed by atoms with Gasteiger partial charge in [-0.15, -0.1) is 0 Å². The largest absolute Gasteiger partial charge is 0.298 e. The maximum atomic E-state index is 13.6. The summed E-state index contributed by atoms with van der Waals surface area (Å²) < 4.78 is 27.0. The van der Waals surface area contributed by atoms with Crippen LogP contribution in [0.5, 0.6) is 0 Å². The Bertz CT molecular complexity index is 1020. The van der Waals surface area contributed by atoms with E-state index in [-0.39, 0.29) is 21.0 Å². The number of hydrogen-bond donors (Lipinski definition) is 1. The average molecular weight is 361 g/mol. The number of halogens is 2. The predicted molar refractivity (Wildman–Crippen MR) is 90.3 cm³/mol. The van der Waals surface area contributed by atoms with Crippen LogP contribution in [0.25, 0.3) is 16.3 Å². The summed E-state index contributed by atoms with van der Waals surface area (Å²) in [4.78, 5) is 26.0. The Morgan fingerprint density at radius 2 is 2.08 bits per heavy atom. The summed E-state index contributed by atoms with van der Waals surface area (Å²) >= 11 is 0.936. The van der Waals surface area contributed by atoms with Crippen molar-refractivity contribution >= 4 is 44.4 Å². The summed E-state index contributed by atoms with van der Waals surface area (Å²) in [5, 5.41) is 13.3. The van der Waals surface area contributed by atoms with Crippen LogP contribution in [-0.4, -0.2) is 15.8 Å². The van der Waals surface area contributed by atoms with Crippen molar-refractivity contribution in [2.45, 2.75) is 0 Å². The number of thiazole rings is 1. The molecule has 25 heavy (non-hydrogen) atoms. The van der Waals surface area contributed by atoms with Gasteiger partial charge in [-0.05, 0) is 17.7 Å². The molecular weight excluding hydrogens is 352 g/mol. The zero-order chi connectivity index (χ0) is 18.0. The Morgan fingerprint density at radius 1 is 1.28 bits per heavy atom. The minimum atomic E-state index is -0.807. The minimum absolute atomic E-state index is 0.0237. The fraction of sp³-hybridized carbons (Fsp3) is 0. The number of fused-ring (bicyclic) bond motifs is 1. The molecule has 0 saturated carbocycles. The number of nitro groups is 1. The number of carbonyl (C=O) groups is 1. The molecule has 0 unspecified atom stereocenters. The summed E-state index contributed by atoms with van der Waals surface area (Å²) in [5.74, 6) is -2.08. The standard InChI is InChI=1S/C16H9F2N3O3S/c17-10-7-12(18)15-13(8-10)25-16(20-15)19-14(22)5-4-9-2-1-3-11(6-9)21(23)24/h1-8H,(H,19,20,22)/b5-4+. The van der Waals surface area contributed by atoms with Crippen molar-refractivity contribution in [1.82, 2.24) is 4.98 Å². The van der Waals surface area contributed by atoms with Gasteiger partial charge in [0.15, 0.2) is 10.9 Å². The molecule has 2 aromatic carbocycles. The lowest BCUT2D eigenvalue weighted by molar-refractivity contribution is -0.384. The van der Waals surface area contributed by atoms with E-state index in [4.69, 9.17) is 0 Å². The third-order valence-corrected chi connectivity index (χ3v) is 4.07. The Morgan fingerprint density at radius 3 is 2.84 bits per heavy atom. The molecule has 0 bridgehead atoms. The fourth-order valence-electron chi connectivity index (χ4n) is 2.07. The van der Waals surface area contributed by atoms with Gasteiger partial charge in [-0.3, -0.25) is 20.2 Å². The van der Waals surface area contributed by atoms with Gasteiger partial charge in [0.2, 0.25) is 5.91 Å². The Labute approximate surface area is 143 Å². The third-order valence-electron chi connectivity index (χ3n) is 3.15. The minimum Gasteiger partial charge on any atom is -0.298 e. The zero-order valence-electron chi connectivity index (χ0n) is 12.4. The number of nitro benzene ring substituents is 1. The van der Waals surface area contributed by atoms with E-state index in [0.717, 1.165) is 23.5 Å². The summed E-state index contributed by atoms with van der Waals surface area (Å²) in [6.45, 7) is 0. The van der Waals surface area contributed by atoms with E-state index in [1.807, 2.05) is 0 Å². The first-order chi connectivity index (χ1) is 11.9. The van der Waals surface area contributed by atoms with Crippen LogP contribution in [0.3, 0.4) is 0 Å². The quantitative estimate of drug-likeness (QED) is 0.430. The highest BCUT2D eigenvalue weighted by atomic mass is 32.1. The SMILES string of the molecule is O=C(/C=C/c1cccc([N+](=O)[O-])c1)Nc1nc2c(F)cc(F)cc2s1. The van der Waals surface area contributed by atoms with Crippen molar-refractivity contribution < 1.29 is 18.5 Å². The average Bonchev–Trinajstić information content (AvgIpc) is 2.95. The van der Waals surface area contributed by atoms with E-state index in [1.54, 1.807) is 6.07 Å². The fourth-order valence-corrected chi connectivity index (χ4v) is 2.98. The number of amides is 1. The topological polar surface area (TPSA) is 85.1 Å². The molecule has 0 aliphatic heterocycles. The van der Waals surface area contributed by atoms with Crippen LogP contribution >= 0.6 is 11.3 Å². The smallest absolute Gasteiger partial charge is 0.270 e. The molecule has 9 heteroatoms. The number of nitrogens with zero attached hydrogens (tertiary/aromatic N) is 2. The number of rotatable bonds is 4. The lowest BCUT2D eigenvalue weighted by Crippen LogP contribution is -2.07. The molecule has 1 amide bonds. The van der Waals surface area contributed by atoms with Gasteiger partial charge >= 0.3 is 0 Å². The number of anilines is 1. The molecule has 3 aromatic rings. The predicted octanol–water partition coefficient (Wildman–Crippen LogP) is 4.13. The first-order valence-electron chi connectivity index (χ1n) is 6.91. The second kappa shape index (κ2) is 6.73. The summed E-state index contributed by atoms with van der Waals surface area (Å²) in [7, 11) is 0. The van der Waals surface area contributed by atoms with E-state index >= 15 is 0 Å². The highest BCUT2D eigenvalue weighted by Gasteiger charge is 2.11. The van der Waals surface area contributed by atoms with Gasteiger partial charge in [0.25, 0.3) is 5.69 Å². The normalized spacial score (nSPS) is 11.1. The zero-order valence-corrected chi connectivity index (χ0v) is 13.2. The first-order valence-corrected chi connectivity index (χ1v) is 7.73. The second-order valence-corrected chi connectivity index (χ2v) is 5.96. The maximum absolute atomic E-state index is 13.6. The molecule has 0 radical (unpaired) electrons. The number of carbonyl (C=O) groups excluding carboxylic acids is 1. The van der Waals surface area contributed by atoms with Crippen LogP contribution in [0.4, 0.5) is 19.6 Å². The molecule has 126 valence electrons. The molecule has 1 N–H and O–H groups in total. The number of non-ortho nitro benzene ring substituents is 1. The molecule has 1 heterocycles. The number of aromatic nitrogens is 1. The van der Waals surface area contributed by atoms with Gasteiger partial charge in [-0.25, -0.2) is 13.8 Å². The molecule has 0 atom stereocenters. The van der Waals surface area contributed by atoms with Crippen LogP contribution in [0.15, 0.2) is 42.5 Å². The third kappa shape index (κ3) is 3.83. The van der Waals surface area contributed by atoms with E-state index in [1.165, 1.54) is 30.4 Å². The molecule has 1 aromatic heterocycles. The van der Waals surface area contributed by atoms with E-state index in [0.29, 0.717) is 5.56 Å². The van der Waals surface area contributed by atoms with Crippen molar-refractivity contribution in [3.8, 4) is 0 Å². The van der Waals surface area contributed by atoms with E-state index in [2.05, 4.69) is 10.3 Å². The summed E-state index contributed by atoms with van der Waals surface area (Å²) in [5.41, 5.74) is 0.359. The van der Waals surface area contributed by atoms with Gasteiger partial charge in [0.05, 0.1) is 9.62 Å². The van der Waals surface area contributed by atoms with Crippen molar-refractivity contribution in [2.24, 2.45) is 0 Å². The highest BCUT2D eigenvalue weighted by molar-refractivity contribution is 7.22. The Hall–Kier alpha value is -3.20. The van der Waals surface area contributed by atoms with Crippen molar-refractivity contribution in [3.05, 3.63) is 69.8 Å². The van der Waals surface area contributed by atoms with Crippen molar-refractivity contribution in [1.29, 1.82) is 0 Å². The molecule has 0 spiro atoms.